The number of imidazole rings is 1. The van der Waals surface area contributed by atoms with Gasteiger partial charge in [-0.1, -0.05) is 0 Å². The minimum atomic E-state index is -0.407. The van der Waals surface area contributed by atoms with Gasteiger partial charge in [0.25, 0.3) is 0 Å². The van der Waals surface area contributed by atoms with Gasteiger partial charge in [-0.25, -0.2) is 4.98 Å². The van der Waals surface area contributed by atoms with Crippen LogP contribution in [0.4, 0.5) is 0 Å². The molecule has 3 amide bonds. The van der Waals surface area contributed by atoms with Gasteiger partial charge < -0.3 is 19.7 Å². The van der Waals surface area contributed by atoms with Crippen LogP contribution in [-0.4, -0.2) is 74.6 Å². The number of carbonyl (C=O) groups excluding carboxylic acids is 3. The van der Waals surface area contributed by atoms with Crippen LogP contribution in [0.1, 0.15) is 56.8 Å². The average molecular weight is 399 g/mol. The molecule has 4 aliphatic rings. The van der Waals surface area contributed by atoms with Crippen LogP contribution >= 0.6 is 0 Å². The van der Waals surface area contributed by atoms with E-state index in [0.29, 0.717) is 38.9 Å². The van der Waals surface area contributed by atoms with E-state index in [1.165, 1.54) is 0 Å². The Hall–Kier alpha value is -2.38. The lowest BCUT2D eigenvalue weighted by molar-refractivity contribution is -0.149. The van der Waals surface area contributed by atoms with E-state index < -0.39 is 11.6 Å². The third kappa shape index (κ3) is 2.95. The van der Waals surface area contributed by atoms with Gasteiger partial charge in [0.2, 0.25) is 17.7 Å². The molecule has 3 aliphatic heterocycles. The number of likely N-dealkylation sites (tertiary alicyclic amines) is 2. The number of carbonyl (C=O) groups is 3. The molecule has 156 valence electrons. The van der Waals surface area contributed by atoms with Gasteiger partial charge in [-0.2, -0.15) is 0 Å². The van der Waals surface area contributed by atoms with Gasteiger partial charge in [-0.3, -0.25) is 14.4 Å². The van der Waals surface area contributed by atoms with E-state index in [9.17, 15) is 14.4 Å². The monoisotopic (exact) mass is 399 g/mol. The molecule has 1 saturated carbocycles. The molecule has 1 spiro atoms. The van der Waals surface area contributed by atoms with Gasteiger partial charge in [-0.15, -0.1) is 0 Å². The predicted molar refractivity (Wildman–Crippen MR) is 105 cm³/mol. The average Bonchev–Trinajstić information content (AvgIpc) is 3.31. The van der Waals surface area contributed by atoms with Crippen molar-refractivity contribution in [1.82, 2.24) is 24.7 Å². The van der Waals surface area contributed by atoms with Crippen LogP contribution in [0.25, 0.3) is 0 Å². The van der Waals surface area contributed by atoms with Gasteiger partial charge in [0.15, 0.2) is 0 Å². The molecule has 2 saturated heterocycles. The van der Waals surface area contributed by atoms with Gasteiger partial charge >= 0.3 is 0 Å². The molecule has 0 bridgehead atoms. The first-order chi connectivity index (χ1) is 14.0. The lowest BCUT2D eigenvalue weighted by Gasteiger charge is -2.51. The van der Waals surface area contributed by atoms with Gasteiger partial charge in [-0.05, 0) is 39.0 Å². The fourth-order valence-electron chi connectivity index (χ4n) is 5.43. The van der Waals surface area contributed by atoms with Crippen molar-refractivity contribution in [2.45, 2.75) is 63.5 Å². The second kappa shape index (κ2) is 6.85. The summed E-state index contributed by atoms with van der Waals surface area (Å²) in [6, 6.07) is -0.407. The van der Waals surface area contributed by atoms with E-state index in [4.69, 9.17) is 0 Å². The number of rotatable bonds is 3. The molecular formula is C21H29N5O3. The zero-order chi connectivity index (χ0) is 20.2. The van der Waals surface area contributed by atoms with Crippen molar-refractivity contribution in [3.05, 3.63) is 17.7 Å². The van der Waals surface area contributed by atoms with E-state index in [1.807, 2.05) is 11.8 Å². The number of H-pyrrole nitrogens is 1. The first kappa shape index (κ1) is 18.6. The van der Waals surface area contributed by atoms with Gasteiger partial charge in [0, 0.05) is 50.6 Å². The summed E-state index contributed by atoms with van der Waals surface area (Å²) in [5.74, 6) is 0.532. The molecule has 8 heteroatoms. The van der Waals surface area contributed by atoms with Gasteiger partial charge in [0.05, 0.1) is 17.6 Å². The Balaban J connectivity index is 1.35. The molecule has 8 nitrogen and oxygen atoms in total. The molecular weight excluding hydrogens is 370 g/mol. The summed E-state index contributed by atoms with van der Waals surface area (Å²) in [6.07, 6.45) is 7.31. The summed E-state index contributed by atoms with van der Waals surface area (Å²) in [6.45, 7) is 4.41. The summed E-state index contributed by atoms with van der Waals surface area (Å²) >= 11 is 0. The first-order valence-corrected chi connectivity index (χ1v) is 10.9. The molecule has 0 aromatic carbocycles. The van der Waals surface area contributed by atoms with Crippen molar-refractivity contribution in [1.29, 1.82) is 0 Å². The number of nitrogens with one attached hydrogen (secondary N) is 1. The minimum absolute atomic E-state index is 0.0215. The first-order valence-electron chi connectivity index (χ1n) is 10.9. The molecule has 0 radical (unpaired) electrons. The zero-order valence-corrected chi connectivity index (χ0v) is 17.0. The molecule has 1 aromatic rings. The molecule has 3 fully saturated rings. The van der Waals surface area contributed by atoms with Crippen LogP contribution in [-0.2, 0) is 26.3 Å². The lowest BCUT2D eigenvalue weighted by Crippen LogP contribution is -2.60. The second-order valence-electron chi connectivity index (χ2n) is 8.97. The molecule has 5 rings (SSSR count). The summed E-state index contributed by atoms with van der Waals surface area (Å²) in [7, 11) is 0. The number of aromatic nitrogens is 2. The summed E-state index contributed by atoms with van der Waals surface area (Å²) in [5.41, 5.74) is 1.71. The Bertz CT molecular complexity index is 837. The molecule has 1 aromatic heterocycles. The predicted octanol–water partition coefficient (Wildman–Crippen LogP) is 1.03. The number of piperidine rings is 1. The van der Waals surface area contributed by atoms with Crippen LogP contribution in [0.5, 0.6) is 0 Å². The topological polar surface area (TPSA) is 89.6 Å². The Morgan fingerprint density at radius 1 is 1.17 bits per heavy atom. The van der Waals surface area contributed by atoms with Gasteiger partial charge in [0.1, 0.15) is 6.04 Å². The maximum Gasteiger partial charge on any atom is 0.245 e. The minimum Gasteiger partial charge on any atom is -0.348 e. The van der Waals surface area contributed by atoms with Crippen molar-refractivity contribution in [3.63, 3.8) is 0 Å². The van der Waals surface area contributed by atoms with Crippen molar-refractivity contribution < 1.29 is 14.4 Å². The number of amides is 3. The highest BCUT2D eigenvalue weighted by Gasteiger charge is 2.51. The third-order valence-corrected chi connectivity index (χ3v) is 7.29. The molecule has 29 heavy (non-hydrogen) atoms. The number of aromatic amines is 1. The molecule has 1 atom stereocenters. The molecule has 1 aliphatic carbocycles. The highest BCUT2D eigenvalue weighted by molar-refractivity contribution is 5.88. The summed E-state index contributed by atoms with van der Waals surface area (Å²) in [5, 5.41) is 0. The largest absolute Gasteiger partial charge is 0.348 e. The Morgan fingerprint density at radius 2 is 1.93 bits per heavy atom. The normalized spacial score (nSPS) is 24.7. The summed E-state index contributed by atoms with van der Waals surface area (Å²) < 4.78 is 0. The third-order valence-electron chi connectivity index (χ3n) is 7.29. The van der Waals surface area contributed by atoms with Crippen LogP contribution in [0.15, 0.2) is 6.33 Å². The summed E-state index contributed by atoms with van der Waals surface area (Å²) in [4.78, 5) is 51.7. The van der Waals surface area contributed by atoms with Crippen molar-refractivity contribution in [2.75, 3.05) is 26.2 Å². The number of fused-ring (bicyclic) bond motifs is 2. The van der Waals surface area contributed by atoms with E-state index in [0.717, 1.165) is 43.6 Å². The molecule has 1 unspecified atom stereocenters. The van der Waals surface area contributed by atoms with Crippen molar-refractivity contribution >= 4 is 17.7 Å². The second-order valence-corrected chi connectivity index (χ2v) is 8.97. The fraction of sp³-hybridized carbons (Fsp3) is 0.714. The quantitative estimate of drug-likeness (QED) is 0.822. The van der Waals surface area contributed by atoms with E-state index in [1.54, 1.807) is 11.2 Å². The van der Waals surface area contributed by atoms with Crippen LogP contribution in [0, 0.1) is 5.92 Å². The van der Waals surface area contributed by atoms with Crippen LogP contribution < -0.4 is 0 Å². The van der Waals surface area contributed by atoms with Crippen LogP contribution in [0.3, 0.4) is 0 Å². The SMILES string of the molecule is CC(C(=O)N1CCC2(CC1)c1nc[nH]c1CCN2C(=O)C1CC1)N1CCCC1=O. The van der Waals surface area contributed by atoms with Crippen molar-refractivity contribution in [2.24, 2.45) is 5.92 Å². The number of nitrogens with zero attached hydrogens (tertiary/aromatic N) is 4. The smallest absolute Gasteiger partial charge is 0.245 e. The number of hydrogen-bond donors (Lipinski definition) is 1. The Morgan fingerprint density at radius 3 is 2.59 bits per heavy atom. The maximum atomic E-state index is 13.1. The standard InChI is InChI=1S/C21H29N5O3/c1-14(25-9-2-3-17(25)27)19(28)24-11-7-21(8-12-24)18-16(22-13-23-18)6-10-26(21)20(29)15-4-5-15/h13-15H,2-12H2,1H3,(H,22,23). The zero-order valence-electron chi connectivity index (χ0n) is 17.0. The number of hydrogen-bond acceptors (Lipinski definition) is 4. The Kier molecular flexibility index (Phi) is 4.40. The maximum absolute atomic E-state index is 13.1. The van der Waals surface area contributed by atoms with E-state index in [-0.39, 0.29) is 23.6 Å². The highest BCUT2D eigenvalue weighted by Crippen LogP contribution is 2.45. The Labute approximate surface area is 170 Å². The molecule has 1 N–H and O–H groups in total. The lowest BCUT2D eigenvalue weighted by atomic mass is 9.78. The van der Waals surface area contributed by atoms with Crippen molar-refractivity contribution in [3.8, 4) is 0 Å². The fourth-order valence-corrected chi connectivity index (χ4v) is 5.43. The molecule has 4 heterocycles. The van der Waals surface area contributed by atoms with E-state index in [2.05, 4.69) is 14.9 Å². The van der Waals surface area contributed by atoms with E-state index >= 15 is 0 Å². The van der Waals surface area contributed by atoms with Crippen LogP contribution in [0.2, 0.25) is 0 Å². The highest BCUT2D eigenvalue weighted by atomic mass is 16.2.